The zero-order valence-electron chi connectivity index (χ0n) is 8.69. The molecule has 1 aromatic carbocycles. The van der Waals surface area contributed by atoms with E-state index < -0.39 is 5.97 Å². The third-order valence-electron chi connectivity index (χ3n) is 2.68. The molecule has 0 spiro atoms. The molecule has 0 saturated carbocycles. The average molecular weight is 206 g/mol. The van der Waals surface area contributed by atoms with E-state index in [1.54, 1.807) is 0 Å². The number of aliphatic carboxylic acids is 1. The lowest BCUT2D eigenvalue weighted by Crippen LogP contribution is -2.17. The highest BCUT2D eigenvalue weighted by atomic mass is 16.5. The Morgan fingerprint density at radius 1 is 1.60 bits per heavy atom. The third-order valence-corrected chi connectivity index (χ3v) is 2.68. The van der Waals surface area contributed by atoms with Gasteiger partial charge in [-0.2, -0.15) is 0 Å². The van der Waals surface area contributed by atoms with Crippen LogP contribution in [0.3, 0.4) is 0 Å². The van der Waals surface area contributed by atoms with E-state index in [0.29, 0.717) is 0 Å². The lowest BCUT2D eigenvalue weighted by Gasteiger charge is -2.06. The predicted octanol–water partition coefficient (Wildman–Crippen LogP) is 2.03. The van der Waals surface area contributed by atoms with E-state index in [9.17, 15) is 4.79 Å². The predicted molar refractivity (Wildman–Crippen MR) is 56.2 cm³/mol. The van der Waals surface area contributed by atoms with Crippen LogP contribution in [0.2, 0.25) is 0 Å². The summed E-state index contributed by atoms with van der Waals surface area (Å²) in [6.07, 6.45) is 1.60. The molecule has 80 valence electrons. The number of carboxylic acids is 1. The average Bonchev–Trinajstić information content (AvgIpc) is 2.57. The molecule has 1 aliphatic rings. The van der Waals surface area contributed by atoms with Crippen molar-refractivity contribution in [1.29, 1.82) is 0 Å². The molecule has 15 heavy (non-hydrogen) atoms. The van der Waals surface area contributed by atoms with E-state index in [2.05, 4.69) is 13.0 Å². The molecule has 1 aliphatic heterocycles. The van der Waals surface area contributed by atoms with Gasteiger partial charge < -0.3 is 9.84 Å². The Balaban J connectivity index is 2.13. The second-order valence-electron chi connectivity index (χ2n) is 3.84. The Morgan fingerprint density at radius 2 is 2.40 bits per heavy atom. The normalized spacial score (nSPS) is 18.3. The second-order valence-corrected chi connectivity index (χ2v) is 3.84. The first kappa shape index (κ1) is 10.0. The van der Waals surface area contributed by atoms with Crippen molar-refractivity contribution >= 4 is 5.97 Å². The van der Waals surface area contributed by atoms with Gasteiger partial charge in [0.25, 0.3) is 0 Å². The van der Waals surface area contributed by atoms with Crippen LogP contribution in [0.5, 0.6) is 5.75 Å². The number of ether oxygens (including phenoxy) is 1. The summed E-state index contributed by atoms with van der Waals surface area (Å²) in [6.45, 7) is 2.10. The van der Waals surface area contributed by atoms with Crippen LogP contribution in [0.4, 0.5) is 0 Å². The van der Waals surface area contributed by atoms with Gasteiger partial charge in [-0.25, -0.2) is 0 Å². The first-order valence-electron chi connectivity index (χ1n) is 5.19. The maximum absolute atomic E-state index is 10.5. The van der Waals surface area contributed by atoms with Crippen molar-refractivity contribution in [3.05, 3.63) is 29.3 Å². The largest absolute Gasteiger partial charge is 0.489 e. The Labute approximate surface area is 88.7 Å². The lowest BCUT2D eigenvalue weighted by atomic mass is 10.0. The van der Waals surface area contributed by atoms with Crippen molar-refractivity contribution < 1.29 is 14.6 Å². The van der Waals surface area contributed by atoms with Crippen LogP contribution in [0.15, 0.2) is 18.2 Å². The van der Waals surface area contributed by atoms with Gasteiger partial charge in [-0.15, -0.1) is 0 Å². The maximum atomic E-state index is 10.5. The topological polar surface area (TPSA) is 46.5 Å². The summed E-state index contributed by atoms with van der Waals surface area (Å²) in [5, 5.41) is 8.67. The van der Waals surface area contributed by atoms with Crippen LogP contribution in [-0.2, 0) is 17.6 Å². The van der Waals surface area contributed by atoms with Crippen molar-refractivity contribution in [3.63, 3.8) is 0 Å². The third kappa shape index (κ3) is 2.12. The van der Waals surface area contributed by atoms with E-state index in [0.717, 1.165) is 24.2 Å². The highest BCUT2D eigenvalue weighted by Gasteiger charge is 2.24. The summed E-state index contributed by atoms with van der Waals surface area (Å²) < 4.78 is 5.54. The highest BCUT2D eigenvalue weighted by molar-refractivity contribution is 5.67. The summed E-state index contributed by atoms with van der Waals surface area (Å²) in [4.78, 5) is 10.5. The Morgan fingerprint density at radius 3 is 3.07 bits per heavy atom. The molecule has 3 heteroatoms. The monoisotopic (exact) mass is 206 g/mol. The van der Waals surface area contributed by atoms with Gasteiger partial charge >= 0.3 is 5.97 Å². The number of fused-ring (bicyclic) bond motifs is 1. The number of hydrogen-bond acceptors (Lipinski definition) is 2. The number of carboxylic acid groups (broad SMARTS) is 1. The van der Waals surface area contributed by atoms with Gasteiger partial charge in [0.1, 0.15) is 11.9 Å². The molecule has 0 aromatic heterocycles. The molecular formula is C12H14O3. The van der Waals surface area contributed by atoms with E-state index >= 15 is 0 Å². The van der Waals surface area contributed by atoms with Gasteiger partial charge in [-0.3, -0.25) is 4.79 Å². The molecule has 0 fully saturated rings. The second kappa shape index (κ2) is 3.93. The van der Waals surface area contributed by atoms with Crippen LogP contribution < -0.4 is 4.74 Å². The number of hydrogen-bond donors (Lipinski definition) is 1. The molecule has 0 amide bonds. The molecule has 3 nitrogen and oxygen atoms in total. The van der Waals surface area contributed by atoms with Gasteiger partial charge in [0.05, 0.1) is 6.42 Å². The van der Waals surface area contributed by atoms with Crippen LogP contribution in [0, 0.1) is 0 Å². The highest BCUT2D eigenvalue weighted by Crippen LogP contribution is 2.30. The Kier molecular flexibility index (Phi) is 2.62. The molecule has 0 saturated heterocycles. The molecule has 0 radical (unpaired) electrons. The lowest BCUT2D eigenvalue weighted by molar-refractivity contribution is -0.138. The molecule has 1 aromatic rings. The molecular weight excluding hydrogens is 192 g/mol. The minimum Gasteiger partial charge on any atom is -0.489 e. The maximum Gasteiger partial charge on any atom is 0.307 e. The number of benzene rings is 1. The number of carbonyl (C=O) groups is 1. The molecule has 2 rings (SSSR count). The quantitative estimate of drug-likeness (QED) is 0.823. The summed E-state index contributed by atoms with van der Waals surface area (Å²) in [5.74, 6) is 0.0435. The van der Waals surface area contributed by atoms with Gasteiger partial charge in [0.15, 0.2) is 0 Å². The summed E-state index contributed by atoms with van der Waals surface area (Å²) in [6, 6.07) is 6.08. The van der Waals surface area contributed by atoms with Crippen LogP contribution in [-0.4, -0.2) is 17.2 Å². The standard InChI is InChI=1S/C12H14O3/c1-2-8-3-4-11-9(5-8)6-10(15-11)7-12(13)14/h3-5,10H,2,6-7H2,1H3,(H,13,14). The Hall–Kier alpha value is -1.51. The van der Waals surface area contributed by atoms with Crippen molar-refractivity contribution in [2.75, 3.05) is 0 Å². The molecule has 1 heterocycles. The van der Waals surface area contributed by atoms with E-state index in [-0.39, 0.29) is 12.5 Å². The molecule has 0 bridgehead atoms. The molecule has 0 aliphatic carbocycles. The smallest absolute Gasteiger partial charge is 0.307 e. The Bertz CT molecular complexity index is 384. The first-order chi connectivity index (χ1) is 7.19. The fourth-order valence-corrected chi connectivity index (χ4v) is 1.90. The zero-order chi connectivity index (χ0) is 10.8. The summed E-state index contributed by atoms with van der Waals surface area (Å²) in [7, 11) is 0. The number of aryl methyl sites for hydroxylation is 1. The van der Waals surface area contributed by atoms with Gasteiger partial charge in [-0.1, -0.05) is 19.1 Å². The van der Waals surface area contributed by atoms with Crippen molar-refractivity contribution in [2.24, 2.45) is 0 Å². The summed E-state index contributed by atoms with van der Waals surface area (Å²) in [5.41, 5.74) is 2.41. The van der Waals surface area contributed by atoms with Crippen molar-refractivity contribution in [2.45, 2.75) is 32.3 Å². The van der Waals surface area contributed by atoms with Crippen molar-refractivity contribution in [1.82, 2.24) is 0 Å². The fourth-order valence-electron chi connectivity index (χ4n) is 1.90. The number of rotatable bonds is 3. The molecule has 1 N–H and O–H groups in total. The fraction of sp³-hybridized carbons (Fsp3) is 0.417. The van der Waals surface area contributed by atoms with Crippen molar-refractivity contribution in [3.8, 4) is 5.75 Å². The first-order valence-corrected chi connectivity index (χ1v) is 5.19. The zero-order valence-corrected chi connectivity index (χ0v) is 8.69. The van der Waals surface area contributed by atoms with Gasteiger partial charge in [-0.05, 0) is 23.6 Å². The van der Waals surface area contributed by atoms with Crippen LogP contribution in [0.1, 0.15) is 24.5 Å². The van der Waals surface area contributed by atoms with Gasteiger partial charge in [0.2, 0.25) is 0 Å². The molecule has 1 atom stereocenters. The van der Waals surface area contributed by atoms with E-state index in [4.69, 9.17) is 9.84 Å². The minimum atomic E-state index is -0.802. The minimum absolute atomic E-state index is 0.0795. The molecule has 1 unspecified atom stereocenters. The van der Waals surface area contributed by atoms with E-state index in [1.165, 1.54) is 5.56 Å². The SMILES string of the molecule is CCc1ccc2c(c1)CC(CC(=O)O)O2. The van der Waals surface area contributed by atoms with Crippen LogP contribution >= 0.6 is 0 Å². The van der Waals surface area contributed by atoms with Gasteiger partial charge in [0, 0.05) is 6.42 Å². The van der Waals surface area contributed by atoms with Crippen LogP contribution in [0.25, 0.3) is 0 Å². The van der Waals surface area contributed by atoms with E-state index in [1.807, 2.05) is 12.1 Å². The summed E-state index contributed by atoms with van der Waals surface area (Å²) >= 11 is 0.